The molecule has 1 rings (SSSR count). The van der Waals surface area contributed by atoms with E-state index in [1.165, 1.54) is 0 Å². The molecule has 0 aliphatic carbocycles. The first-order chi connectivity index (χ1) is 8.56. The van der Waals surface area contributed by atoms with Gasteiger partial charge in [-0.15, -0.1) is 11.8 Å². The van der Waals surface area contributed by atoms with Gasteiger partial charge in [0.05, 0.1) is 5.25 Å². The molecule has 0 saturated carbocycles. The Morgan fingerprint density at radius 2 is 2.28 bits per heavy atom. The van der Waals surface area contributed by atoms with Crippen molar-refractivity contribution in [2.24, 2.45) is 5.73 Å². The van der Waals surface area contributed by atoms with Gasteiger partial charge in [-0.3, -0.25) is 4.79 Å². The Morgan fingerprint density at radius 3 is 2.94 bits per heavy atom. The second-order valence-corrected chi connectivity index (χ2v) is 5.91. The minimum Gasteiger partial charge on any atom is -0.330 e. The zero-order valence-electron chi connectivity index (χ0n) is 10.7. The number of carbonyl (C=O) groups excluding carboxylic acids is 1. The number of hydrogen-bond donors (Lipinski definition) is 2. The van der Waals surface area contributed by atoms with Crippen molar-refractivity contribution >= 4 is 35.0 Å². The molecule has 18 heavy (non-hydrogen) atoms. The molecule has 1 atom stereocenters. The van der Waals surface area contributed by atoms with E-state index in [1.807, 2.05) is 32.0 Å². The monoisotopic (exact) mass is 286 g/mol. The predicted molar refractivity (Wildman–Crippen MR) is 80.4 cm³/mol. The summed E-state index contributed by atoms with van der Waals surface area (Å²) in [5, 5.41) is 3.48. The van der Waals surface area contributed by atoms with Crippen molar-refractivity contribution in [1.82, 2.24) is 0 Å². The van der Waals surface area contributed by atoms with Crippen LogP contribution in [0.25, 0.3) is 0 Å². The molecule has 0 radical (unpaired) electrons. The molecule has 0 spiro atoms. The van der Waals surface area contributed by atoms with E-state index in [0.29, 0.717) is 11.6 Å². The second-order valence-electron chi connectivity index (χ2n) is 4.06. The fourth-order valence-electron chi connectivity index (χ4n) is 1.40. The maximum Gasteiger partial charge on any atom is 0.237 e. The lowest BCUT2D eigenvalue weighted by molar-refractivity contribution is -0.115. The number of thioether (sulfide) groups is 1. The van der Waals surface area contributed by atoms with Crippen LogP contribution in [0.15, 0.2) is 18.2 Å². The van der Waals surface area contributed by atoms with Crippen molar-refractivity contribution in [3.8, 4) is 0 Å². The Bertz CT molecular complexity index is 412. The summed E-state index contributed by atoms with van der Waals surface area (Å²) >= 11 is 7.62. The zero-order valence-corrected chi connectivity index (χ0v) is 12.3. The normalized spacial score (nSPS) is 12.2. The molecule has 0 aromatic heterocycles. The van der Waals surface area contributed by atoms with Gasteiger partial charge in [0.15, 0.2) is 0 Å². The first kappa shape index (κ1) is 15.3. The highest BCUT2D eigenvalue weighted by atomic mass is 35.5. The smallest absolute Gasteiger partial charge is 0.237 e. The van der Waals surface area contributed by atoms with Gasteiger partial charge in [0.1, 0.15) is 0 Å². The Labute approximate surface area is 117 Å². The molecule has 0 aliphatic heterocycles. The van der Waals surface area contributed by atoms with Crippen LogP contribution < -0.4 is 11.1 Å². The van der Waals surface area contributed by atoms with E-state index in [0.717, 1.165) is 23.4 Å². The number of nitrogens with one attached hydrogen (secondary N) is 1. The molecule has 3 nitrogen and oxygen atoms in total. The fraction of sp³-hybridized carbons (Fsp3) is 0.462. The molecule has 0 fully saturated rings. The Kier molecular flexibility index (Phi) is 6.54. The summed E-state index contributed by atoms with van der Waals surface area (Å²) in [6, 6.07) is 5.50. The minimum atomic E-state index is -0.0880. The molecule has 0 saturated heterocycles. The van der Waals surface area contributed by atoms with Crippen LogP contribution in [-0.2, 0) is 4.79 Å². The van der Waals surface area contributed by atoms with Gasteiger partial charge in [0.25, 0.3) is 0 Å². The van der Waals surface area contributed by atoms with E-state index in [2.05, 4.69) is 5.32 Å². The van der Waals surface area contributed by atoms with Gasteiger partial charge in [-0.2, -0.15) is 0 Å². The summed E-state index contributed by atoms with van der Waals surface area (Å²) in [4.78, 5) is 12.0. The summed E-state index contributed by atoms with van der Waals surface area (Å²) in [6.45, 7) is 4.45. The summed E-state index contributed by atoms with van der Waals surface area (Å²) in [5.74, 6) is 0.905. The van der Waals surface area contributed by atoms with Crippen molar-refractivity contribution in [2.75, 3.05) is 17.6 Å². The van der Waals surface area contributed by atoms with Crippen LogP contribution in [0.4, 0.5) is 5.69 Å². The molecule has 1 amide bonds. The van der Waals surface area contributed by atoms with Crippen molar-refractivity contribution in [2.45, 2.75) is 25.5 Å². The Hall–Kier alpha value is -0.710. The van der Waals surface area contributed by atoms with E-state index in [-0.39, 0.29) is 11.2 Å². The lowest BCUT2D eigenvalue weighted by atomic mass is 10.2. The summed E-state index contributed by atoms with van der Waals surface area (Å²) in [7, 11) is 0. The average molecular weight is 287 g/mol. The predicted octanol–water partition coefficient (Wildman–Crippen LogP) is 3.06. The molecular weight excluding hydrogens is 268 g/mol. The molecular formula is C13H19ClN2OS. The third kappa shape index (κ3) is 4.52. The largest absolute Gasteiger partial charge is 0.330 e. The van der Waals surface area contributed by atoms with Crippen LogP contribution in [0, 0.1) is 6.92 Å². The number of halogens is 1. The Morgan fingerprint density at radius 1 is 1.56 bits per heavy atom. The van der Waals surface area contributed by atoms with Crippen LogP contribution in [0.5, 0.6) is 0 Å². The van der Waals surface area contributed by atoms with Crippen LogP contribution in [0.3, 0.4) is 0 Å². The quantitative estimate of drug-likeness (QED) is 0.790. The average Bonchev–Trinajstić information content (AvgIpc) is 2.35. The SMILES string of the molecule is Cc1c(Cl)cccc1NC(=O)C(C)SCCCN. The van der Waals surface area contributed by atoms with Gasteiger partial charge >= 0.3 is 0 Å². The third-order valence-corrected chi connectivity index (χ3v) is 4.26. The molecule has 1 aromatic rings. The number of anilines is 1. The highest BCUT2D eigenvalue weighted by Crippen LogP contribution is 2.24. The van der Waals surface area contributed by atoms with Crippen molar-refractivity contribution in [3.05, 3.63) is 28.8 Å². The number of amides is 1. The fourth-order valence-corrected chi connectivity index (χ4v) is 2.47. The molecule has 1 aromatic carbocycles. The molecule has 3 N–H and O–H groups in total. The van der Waals surface area contributed by atoms with E-state index in [4.69, 9.17) is 17.3 Å². The van der Waals surface area contributed by atoms with Crippen LogP contribution in [0.1, 0.15) is 18.9 Å². The minimum absolute atomic E-state index is 0.00221. The number of benzene rings is 1. The van der Waals surface area contributed by atoms with Gasteiger partial charge in [0, 0.05) is 10.7 Å². The molecule has 0 heterocycles. The van der Waals surface area contributed by atoms with Gasteiger partial charge in [-0.1, -0.05) is 17.7 Å². The highest BCUT2D eigenvalue weighted by Gasteiger charge is 2.14. The summed E-state index contributed by atoms with van der Waals surface area (Å²) < 4.78 is 0. The van der Waals surface area contributed by atoms with Crippen LogP contribution in [-0.4, -0.2) is 23.5 Å². The van der Waals surface area contributed by atoms with Crippen molar-refractivity contribution in [3.63, 3.8) is 0 Å². The number of carbonyl (C=O) groups is 1. The lowest BCUT2D eigenvalue weighted by Gasteiger charge is -2.13. The first-order valence-electron chi connectivity index (χ1n) is 5.94. The van der Waals surface area contributed by atoms with E-state index < -0.39 is 0 Å². The van der Waals surface area contributed by atoms with E-state index >= 15 is 0 Å². The van der Waals surface area contributed by atoms with Crippen molar-refractivity contribution in [1.29, 1.82) is 0 Å². The van der Waals surface area contributed by atoms with E-state index in [1.54, 1.807) is 11.8 Å². The van der Waals surface area contributed by atoms with Gasteiger partial charge < -0.3 is 11.1 Å². The zero-order chi connectivity index (χ0) is 13.5. The summed E-state index contributed by atoms with van der Waals surface area (Å²) in [6.07, 6.45) is 0.929. The maximum atomic E-state index is 12.0. The maximum absolute atomic E-state index is 12.0. The molecule has 0 bridgehead atoms. The van der Waals surface area contributed by atoms with Crippen LogP contribution in [0.2, 0.25) is 5.02 Å². The number of rotatable bonds is 6. The number of nitrogens with two attached hydrogens (primary N) is 1. The van der Waals surface area contributed by atoms with Gasteiger partial charge in [-0.25, -0.2) is 0 Å². The molecule has 1 unspecified atom stereocenters. The lowest BCUT2D eigenvalue weighted by Crippen LogP contribution is -2.23. The highest BCUT2D eigenvalue weighted by molar-refractivity contribution is 8.00. The Balaban J connectivity index is 2.56. The van der Waals surface area contributed by atoms with Gasteiger partial charge in [-0.05, 0) is 50.3 Å². The number of hydrogen-bond acceptors (Lipinski definition) is 3. The topological polar surface area (TPSA) is 55.1 Å². The molecule has 100 valence electrons. The standard InChI is InChI=1S/C13H19ClN2OS/c1-9-11(14)5-3-6-12(9)16-13(17)10(2)18-8-4-7-15/h3,5-6,10H,4,7-8,15H2,1-2H3,(H,16,17). The van der Waals surface area contributed by atoms with E-state index in [9.17, 15) is 4.79 Å². The molecule has 5 heteroatoms. The third-order valence-electron chi connectivity index (χ3n) is 2.61. The van der Waals surface area contributed by atoms with Gasteiger partial charge in [0.2, 0.25) is 5.91 Å². The molecule has 0 aliphatic rings. The van der Waals surface area contributed by atoms with Crippen molar-refractivity contribution < 1.29 is 4.79 Å². The first-order valence-corrected chi connectivity index (χ1v) is 7.36. The summed E-state index contributed by atoms with van der Waals surface area (Å²) in [5.41, 5.74) is 7.09. The van der Waals surface area contributed by atoms with Crippen LogP contribution >= 0.6 is 23.4 Å². The second kappa shape index (κ2) is 7.67.